The third kappa shape index (κ3) is 1.72. The SMILES string of the molecule is O=C(O)[C@@H]1CCC[C@@H]2CCCC[C@H]21. The van der Waals surface area contributed by atoms with E-state index in [4.69, 9.17) is 5.11 Å². The molecule has 2 aliphatic rings. The Hall–Kier alpha value is -0.530. The van der Waals surface area contributed by atoms with E-state index < -0.39 is 5.97 Å². The van der Waals surface area contributed by atoms with Crippen LogP contribution in [0, 0.1) is 17.8 Å². The van der Waals surface area contributed by atoms with Crippen LogP contribution < -0.4 is 0 Å². The first-order chi connectivity index (χ1) is 6.29. The molecule has 0 saturated heterocycles. The van der Waals surface area contributed by atoms with Crippen LogP contribution in [0.2, 0.25) is 0 Å². The third-order valence-electron chi connectivity index (χ3n) is 3.89. The maximum atomic E-state index is 11.0. The molecule has 2 aliphatic carbocycles. The zero-order valence-electron chi connectivity index (χ0n) is 8.04. The number of aliphatic carboxylic acids is 1. The van der Waals surface area contributed by atoms with Crippen molar-refractivity contribution >= 4 is 5.97 Å². The van der Waals surface area contributed by atoms with Crippen molar-refractivity contribution in [3.8, 4) is 0 Å². The highest BCUT2D eigenvalue weighted by Gasteiger charge is 2.38. The lowest BCUT2D eigenvalue weighted by atomic mass is 9.65. The molecule has 0 heterocycles. The number of carboxylic acid groups (broad SMARTS) is 1. The van der Waals surface area contributed by atoms with E-state index in [1.165, 1.54) is 32.1 Å². The van der Waals surface area contributed by atoms with E-state index in [1.807, 2.05) is 0 Å². The second-order valence-corrected chi connectivity index (χ2v) is 4.58. The minimum Gasteiger partial charge on any atom is -0.481 e. The number of hydrogen-bond donors (Lipinski definition) is 1. The predicted molar refractivity (Wildman–Crippen MR) is 50.4 cm³/mol. The van der Waals surface area contributed by atoms with Gasteiger partial charge in [0.25, 0.3) is 0 Å². The van der Waals surface area contributed by atoms with E-state index in [1.54, 1.807) is 0 Å². The number of fused-ring (bicyclic) bond motifs is 1. The lowest BCUT2D eigenvalue weighted by Crippen LogP contribution is -2.35. The van der Waals surface area contributed by atoms with Crippen LogP contribution in [0.25, 0.3) is 0 Å². The van der Waals surface area contributed by atoms with Crippen molar-refractivity contribution < 1.29 is 9.90 Å². The van der Waals surface area contributed by atoms with Gasteiger partial charge < -0.3 is 5.11 Å². The highest BCUT2D eigenvalue weighted by atomic mass is 16.4. The number of carboxylic acids is 1. The van der Waals surface area contributed by atoms with E-state index >= 15 is 0 Å². The van der Waals surface area contributed by atoms with Crippen LogP contribution >= 0.6 is 0 Å². The fourth-order valence-electron chi connectivity index (χ4n) is 3.25. The summed E-state index contributed by atoms with van der Waals surface area (Å²) < 4.78 is 0. The van der Waals surface area contributed by atoms with Gasteiger partial charge in [0.15, 0.2) is 0 Å². The number of rotatable bonds is 1. The lowest BCUT2D eigenvalue weighted by molar-refractivity contribution is -0.146. The molecule has 74 valence electrons. The molecule has 3 atom stereocenters. The molecule has 0 radical (unpaired) electrons. The van der Waals surface area contributed by atoms with E-state index in [0.717, 1.165) is 18.8 Å². The van der Waals surface area contributed by atoms with Gasteiger partial charge in [0.1, 0.15) is 0 Å². The molecule has 2 heteroatoms. The first-order valence-electron chi connectivity index (χ1n) is 5.52. The van der Waals surface area contributed by atoms with Crippen molar-refractivity contribution in [3.63, 3.8) is 0 Å². The molecule has 1 N–H and O–H groups in total. The highest BCUT2D eigenvalue weighted by Crippen LogP contribution is 2.43. The quantitative estimate of drug-likeness (QED) is 0.677. The van der Waals surface area contributed by atoms with Crippen molar-refractivity contribution in [2.24, 2.45) is 17.8 Å². The number of hydrogen-bond acceptors (Lipinski definition) is 1. The van der Waals surface area contributed by atoms with Gasteiger partial charge in [0, 0.05) is 0 Å². The van der Waals surface area contributed by atoms with Gasteiger partial charge >= 0.3 is 5.97 Å². The van der Waals surface area contributed by atoms with Gasteiger partial charge in [-0.15, -0.1) is 0 Å². The number of carbonyl (C=O) groups is 1. The fraction of sp³-hybridized carbons (Fsp3) is 0.909. The zero-order valence-corrected chi connectivity index (χ0v) is 8.04. The smallest absolute Gasteiger partial charge is 0.306 e. The highest BCUT2D eigenvalue weighted by molar-refractivity contribution is 5.70. The summed E-state index contributed by atoms with van der Waals surface area (Å²) in [5.74, 6) is 0.694. The van der Waals surface area contributed by atoms with Crippen LogP contribution in [0.5, 0.6) is 0 Å². The Bertz CT molecular complexity index is 198. The van der Waals surface area contributed by atoms with E-state index in [9.17, 15) is 4.79 Å². The van der Waals surface area contributed by atoms with E-state index in [-0.39, 0.29) is 5.92 Å². The molecule has 0 aromatic rings. The first-order valence-corrected chi connectivity index (χ1v) is 5.52. The van der Waals surface area contributed by atoms with Gasteiger partial charge in [0.05, 0.1) is 5.92 Å². The summed E-state index contributed by atoms with van der Waals surface area (Å²) in [7, 11) is 0. The first kappa shape index (κ1) is 9.04. The summed E-state index contributed by atoms with van der Waals surface area (Å²) in [4.78, 5) is 11.0. The minimum atomic E-state index is -0.545. The molecule has 2 fully saturated rings. The monoisotopic (exact) mass is 182 g/mol. The van der Waals surface area contributed by atoms with E-state index in [2.05, 4.69) is 0 Å². The summed E-state index contributed by atoms with van der Waals surface area (Å²) in [6.45, 7) is 0. The summed E-state index contributed by atoms with van der Waals surface area (Å²) in [6.07, 6.45) is 8.39. The van der Waals surface area contributed by atoms with Crippen molar-refractivity contribution in [2.45, 2.75) is 44.9 Å². The van der Waals surface area contributed by atoms with Crippen LogP contribution in [0.3, 0.4) is 0 Å². The molecular formula is C11H18O2. The van der Waals surface area contributed by atoms with Gasteiger partial charge in [-0.1, -0.05) is 32.1 Å². The summed E-state index contributed by atoms with van der Waals surface area (Å²) in [6, 6.07) is 0. The van der Waals surface area contributed by atoms with Crippen molar-refractivity contribution in [3.05, 3.63) is 0 Å². The third-order valence-corrected chi connectivity index (χ3v) is 3.89. The van der Waals surface area contributed by atoms with Crippen molar-refractivity contribution in [1.82, 2.24) is 0 Å². The molecule has 0 bridgehead atoms. The molecule has 0 unspecified atom stereocenters. The second kappa shape index (κ2) is 3.69. The molecule has 0 aromatic heterocycles. The Kier molecular flexibility index (Phi) is 2.56. The summed E-state index contributed by atoms with van der Waals surface area (Å²) >= 11 is 0. The van der Waals surface area contributed by atoms with Crippen LogP contribution in [-0.4, -0.2) is 11.1 Å². The van der Waals surface area contributed by atoms with E-state index in [0.29, 0.717) is 5.92 Å². The molecule has 2 rings (SSSR count). The molecule has 0 spiro atoms. The Morgan fingerprint density at radius 1 is 1.00 bits per heavy atom. The Balaban J connectivity index is 2.06. The normalized spacial score (nSPS) is 39.5. The molecule has 0 amide bonds. The maximum absolute atomic E-state index is 11.0. The molecule has 13 heavy (non-hydrogen) atoms. The second-order valence-electron chi connectivity index (χ2n) is 4.58. The lowest BCUT2D eigenvalue weighted by Gasteiger charge is -2.39. The fourth-order valence-corrected chi connectivity index (χ4v) is 3.25. The Labute approximate surface area is 79.3 Å². The molecule has 2 nitrogen and oxygen atoms in total. The largest absolute Gasteiger partial charge is 0.481 e. The summed E-state index contributed by atoms with van der Waals surface area (Å²) in [5.41, 5.74) is 0. The molecule has 0 aromatic carbocycles. The van der Waals surface area contributed by atoms with Crippen LogP contribution in [0.15, 0.2) is 0 Å². The minimum absolute atomic E-state index is 0.0148. The van der Waals surface area contributed by atoms with Gasteiger partial charge in [-0.05, 0) is 24.7 Å². The Morgan fingerprint density at radius 2 is 1.69 bits per heavy atom. The average Bonchev–Trinajstić information content (AvgIpc) is 2.17. The summed E-state index contributed by atoms with van der Waals surface area (Å²) in [5, 5.41) is 9.08. The van der Waals surface area contributed by atoms with Crippen molar-refractivity contribution in [2.75, 3.05) is 0 Å². The zero-order chi connectivity index (χ0) is 9.26. The molecular weight excluding hydrogens is 164 g/mol. The van der Waals surface area contributed by atoms with Gasteiger partial charge in [-0.25, -0.2) is 0 Å². The van der Waals surface area contributed by atoms with Gasteiger partial charge in [0.2, 0.25) is 0 Å². The molecule has 2 saturated carbocycles. The topological polar surface area (TPSA) is 37.3 Å². The predicted octanol–water partition coefficient (Wildman–Crippen LogP) is 2.68. The van der Waals surface area contributed by atoms with Crippen LogP contribution in [-0.2, 0) is 4.79 Å². The maximum Gasteiger partial charge on any atom is 0.306 e. The Morgan fingerprint density at radius 3 is 2.46 bits per heavy atom. The van der Waals surface area contributed by atoms with Gasteiger partial charge in [-0.3, -0.25) is 4.79 Å². The standard InChI is InChI=1S/C11H18O2/c12-11(13)10-7-3-5-8-4-1-2-6-9(8)10/h8-10H,1-7H2,(H,12,13)/t8-,9+,10+/m0/s1. The average molecular weight is 182 g/mol. The van der Waals surface area contributed by atoms with Crippen molar-refractivity contribution in [1.29, 1.82) is 0 Å². The van der Waals surface area contributed by atoms with Gasteiger partial charge in [-0.2, -0.15) is 0 Å². The van der Waals surface area contributed by atoms with Crippen LogP contribution in [0.4, 0.5) is 0 Å². The van der Waals surface area contributed by atoms with Crippen LogP contribution in [0.1, 0.15) is 44.9 Å². The molecule has 0 aliphatic heterocycles.